The number of methoxy groups -OCH3 is 1. The zero-order chi connectivity index (χ0) is 46.6. The van der Waals surface area contributed by atoms with Crippen molar-refractivity contribution in [1.82, 2.24) is 35.4 Å². The van der Waals surface area contributed by atoms with Crippen LogP contribution < -0.4 is 25.4 Å². The maximum Gasteiger partial charge on any atom is 0.246 e. The van der Waals surface area contributed by atoms with Crippen LogP contribution in [0, 0.1) is 18.2 Å². The summed E-state index contributed by atoms with van der Waals surface area (Å²) in [7, 11) is 1.51. The molecule has 2 fully saturated rings. The number of halogens is 3. The van der Waals surface area contributed by atoms with E-state index >= 15 is 0 Å². The highest BCUT2D eigenvalue weighted by molar-refractivity contribution is 7.13. The van der Waals surface area contributed by atoms with Gasteiger partial charge in [0.25, 0.3) is 0 Å². The SMILES string of the molecule is COc1cc2ncnc(Nc3ccc(Cl)c(Cl)c3F)c2cc1OC1CCN(C(=O)CCC(=O)N[C@H](C(=O)N2C[C@H](O)C[C@H]2C(=O)NCc2ccc(-c3scnc3C)cc2)C(C)(C)C)CC1. The molecule has 2 aliphatic rings. The van der Waals surface area contributed by atoms with Gasteiger partial charge in [-0.05, 0) is 41.7 Å². The van der Waals surface area contributed by atoms with Crippen LogP contribution in [0.15, 0.2) is 60.4 Å². The normalized spacial score (nSPS) is 17.2. The minimum atomic E-state index is -1.02. The average molecular weight is 950 g/mol. The van der Waals surface area contributed by atoms with Gasteiger partial charge in [0.15, 0.2) is 17.3 Å². The van der Waals surface area contributed by atoms with Crippen LogP contribution in [-0.2, 0) is 25.7 Å². The number of aromatic nitrogens is 3. The van der Waals surface area contributed by atoms with Gasteiger partial charge >= 0.3 is 0 Å². The lowest BCUT2D eigenvalue weighted by atomic mass is 9.85. The monoisotopic (exact) mass is 948 g/mol. The lowest BCUT2D eigenvalue weighted by Gasteiger charge is -2.35. The van der Waals surface area contributed by atoms with E-state index in [9.17, 15) is 28.7 Å². The van der Waals surface area contributed by atoms with Crippen LogP contribution in [0.5, 0.6) is 11.5 Å². The number of nitrogens with one attached hydrogen (secondary N) is 3. The number of rotatable bonds is 14. The molecule has 15 nitrogen and oxygen atoms in total. The van der Waals surface area contributed by atoms with E-state index in [4.69, 9.17) is 32.7 Å². The number of piperidine rings is 1. The molecule has 3 aromatic carbocycles. The van der Waals surface area contributed by atoms with Crippen molar-refractivity contribution >= 4 is 80.6 Å². The molecule has 0 radical (unpaired) electrons. The van der Waals surface area contributed by atoms with E-state index in [0.717, 1.165) is 21.7 Å². The number of thiazole rings is 1. The van der Waals surface area contributed by atoms with Crippen LogP contribution in [-0.4, -0.2) is 105 Å². The number of likely N-dealkylation sites (tertiary alicyclic amines) is 2. The quantitative estimate of drug-likeness (QED) is 0.0824. The van der Waals surface area contributed by atoms with Gasteiger partial charge in [0, 0.05) is 69.7 Å². The highest BCUT2D eigenvalue weighted by Crippen LogP contribution is 2.38. The highest BCUT2D eigenvalue weighted by Gasteiger charge is 2.44. The molecule has 0 aliphatic carbocycles. The summed E-state index contributed by atoms with van der Waals surface area (Å²) in [6, 6.07) is 12.2. The Balaban J connectivity index is 0.910. The molecule has 2 saturated heterocycles. The summed E-state index contributed by atoms with van der Waals surface area (Å²) in [4.78, 5) is 71.4. The molecule has 0 bridgehead atoms. The van der Waals surface area contributed by atoms with Crippen molar-refractivity contribution in [3.63, 3.8) is 0 Å². The summed E-state index contributed by atoms with van der Waals surface area (Å²) in [5.41, 5.74) is 4.49. The average Bonchev–Trinajstić information content (AvgIpc) is 3.91. The van der Waals surface area contributed by atoms with Crippen molar-refractivity contribution < 1.29 is 38.1 Å². The number of amides is 4. The molecular weight excluding hydrogens is 899 g/mol. The second-order valence-electron chi connectivity index (χ2n) is 17.2. The zero-order valence-corrected chi connectivity index (χ0v) is 39.0. The van der Waals surface area contributed by atoms with Gasteiger partial charge in [-0.2, -0.15) is 0 Å². The van der Waals surface area contributed by atoms with E-state index in [2.05, 4.69) is 30.9 Å². The third kappa shape index (κ3) is 11.1. The summed E-state index contributed by atoms with van der Waals surface area (Å²) in [5.74, 6) is -1.15. The van der Waals surface area contributed by atoms with Crippen molar-refractivity contribution in [3.8, 4) is 21.9 Å². The molecule has 344 valence electrons. The topological polar surface area (TPSA) is 188 Å². The Morgan fingerprint density at radius 1 is 1.00 bits per heavy atom. The van der Waals surface area contributed by atoms with E-state index in [1.54, 1.807) is 33.9 Å². The second-order valence-corrected chi connectivity index (χ2v) is 18.9. The van der Waals surface area contributed by atoms with Gasteiger partial charge in [0.05, 0.1) is 50.5 Å². The van der Waals surface area contributed by atoms with Gasteiger partial charge in [0.2, 0.25) is 23.6 Å². The van der Waals surface area contributed by atoms with Crippen molar-refractivity contribution in [1.29, 1.82) is 0 Å². The number of aliphatic hydroxyl groups is 1. The number of aliphatic hydroxyl groups excluding tert-OH is 1. The van der Waals surface area contributed by atoms with Crippen LogP contribution in [0.25, 0.3) is 21.3 Å². The van der Waals surface area contributed by atoms with E-state index in [-0.39, 0.29) is 60.1 Å². The molecule has 4 heterocycles. The first-order valence-corrected chi connectivity index (χ1v) is 22.9. The molecule has 2 aliphatic heterocycles. The van der Waals surface area contributed by atoms with Gasteiger partial charge < -0.3 is 40.3 Å². The smallest absolute Gasteiger partial charge is 0.246 e. The first-order valence-electron chi connectivity index (χ1n) is 21.2. The van der Waals surface area contributed by atoms with Crippen molar-refractivity contribution in [2.75, 3.05) is 32.1 Å². The Kier molecular flexibility index (Phi) is 14.8. The number of hydrogen-bond donors (Lipinski definition) is 4. The molecule has 5 aromatic rings. The fourth-order valence-electron chi connectivity index (χ4n) is 7.96. The Morgan fingerprint density at radius 3 is 2.42 bits per heavy atom. The maximum absolute atomic E-state index is 14.9. The molecule has 2 aromatic heterocycles. The third-order valence-electron chi connectivity index (χ3n) is 11.6. The number of aryl methyl sites for hydroxylation is 1. The summed E-state index contributed by atoms with van der Waals surface area (Å²) in [5, 5.41) is 19.7. The molecule has 7 rings (SSSR count). The van der Waals surface area contributed by atoms with Gasteiger partial charge in [0.1, 0.15) is 30.3 Å². The first-order chi connectivity index (χ1) is 31.0. The molecule has 3 atom stereocenters. The maximum atomic E-state index is 14.9. The van der Waals surface area contributed by atoms with Crippen LogP contribution in [0.4, 0.5) is 15.9 Å². The van der Waals surface area contributed by atoms with Crippen LogP contribution in [0.1, 0.15) is 64.1 Å². The zero-order valence-electron chi connectivity index (χ0n) is 36.6. The van der Waals surface area contributed by atoms with Gasteiger partial charge in [-0.15, -0.1) is 11.3 Å². The van der Waals surface area contributed by atoms with Crippen LogP contribution in [0.3, 0.4) is 0 Å². The molecule has 19 heteroatoms. The summed E-state index contributed by atoms with van der Waals surface area (Å²) >= 11 is 13.6. The number of hydrogen-bond acceptors (Lipinski definition) is 12. The third-order valence-corrected chi connectivity index (χ3v) is 13.3. The summed E-state index contributed by atoms with van der Waals surface area (Å²) in [6.07, 6.45) is 0.992. The Morgan fingerprint density at radius 2 is 1.74 bits per heavy atom. The van der Waals surface area contributed by atoms with Gasteiger partial charge in [-0.1, -0.05) is 68.2 Å². The fourth-order valence-corrected chi connectivity index (χ4v) is 9.08. The first kappa shape index (κ1) is 47.3. The molecule has 0 spiro atoms. The largest absolute Gasteiger partial charge is 0.493 e. The number of fused-ring (bicyclic) bond motifs is 1. The lowest BCUT2D eigenvalue weighted by molar-refractivity contribution is -0.144. The van der Waals surface area contributed by atoms with E-state index in [1.165, 1.54) is 30.5 Å². The van der Waals surface area contributed by atoms with Crippen LogP contribution in [0.2, 0.25) is 10.0 Å². The molecule has 4 amide bonds. The van der Waals surface area contributed by atoms with E-state index in [1.807, 2.05) is 52.0 Å². The van der Waals surface area contributed by atoms with Gasteiger partial charge in [-0.25, -0.2) is 19.3 Å². The minimum absolute atomic E-state index is 0.0536. The Labute approximate surface area is 390 Å². The summed E-state index contributed by atoms with van der Waals surface area (Å²) in [6.45, 7) is 8.32. The van der Waals surface area contributed by atoms with Gasteiger partial charge in [-0.3, -0.25) is 19.2 Å². The molecule has 65 heavy (non-hydrogen) atoms. The van der Waals surface area contributed by atoms with Crippen LogP contribution >= 0.6 is 34.5 Å². The molecule has 0 saturated carbocycles. The number of benzene rings is 3. The lowest BCUT2D eigenvalue weighted by Crippen LogP contribution is -2.57. The van der Waals surface area contributed by atoms with E-state index < -0.39 is 47.1 Å². The predicted octanol–water partition coefficient (Wildman–Crippen LogP) is 7.22. The van der Waals surface area contributed by atoms with Crippen molar-refractivity contribution in [3.05, 3.63) is 87.5 Å². The minimum Gasteiger partial charge on any atom is -0.493 e. The number of β-amino-alcohol motifs (C(OH)–C–C–N with tert-alkyl or cyclic N) is 1. The van der Waals surface area contributed by atoms with Crippen molar-refractivity contribution in [2.24, 2.45) is 5.41 Å². The van der Waals surface area contributed by atoms with Crippen molar-refractivity contribution in [2.45, 2.75) is 90.6 Å². The number of ether oxygens (including phenoxy) is 2. The number of anilines is 2. The molecule has 4 N–H and O–H groups in total. The second kappa shape index (κ2) is 20.3. The predicted molar refractivity (Wildman–Crippen MR) is 247 cm³/mol. The molecular formula is C46H51Cl2FN8O7S. The fraction of sp³-hybridized carbons (Fsp3) is 0.413. The Bertz CT molecular complexity index is 2570. The Hall–Kier alpha value is -5.62. The number of nitrogens with zero attached hydrogens (tertiary/aromatic N) is 5. The summed E-state index contributed by atoms with van der Waals surface area (Å²) < 4.78 is 26.9. The number of carbonyl (C=O) groups is 4. The highest BCUT2D eigenvalue weighted by atomic mass is 35.5. The molecule has 0 unspecified atom stereocenters. The van der Waals surface area contributed by atoms with E-state index in [0.29, 0.717) is 54.2 Å². The number of carbonyl (C=O) groups excluding carboxylic acids is 4. The standard InChI is InChI=1S/C46H51Cl2FN8O7S/c1-25-41(65-24-53-25)27-8-6-26(7-9-27)21-50-44(61)34-18-28(58)22-57(34)45(62)42(46(2,3)4)55-37(59)12-13-38(60)56-16-14-29(15-17-56)64-36-19-30-33(20-35(36)63-5)51-23-52-43(30)54-32-11-10-31(47)39(48)40(32)49/h6-11,19-20,23-24,28-29,34,42,58H,12-18,21-22H2,1-5H3,(H,50,61)(H,55,59)(H,51,52,54)/t28-,34+,42-/m1/s1.